The Labute approximate surface area is 142 Å². The lowest BCUT2D eigenvalue weighted by Crippen LogP contribution is -2.30. The monoisotopic (exact) mass is 341 g/mol. The Bertz CT molecular complexity index is 547. The first kappa shape index (κ1) is 19.4. The van der Waals surface area contributed by atoms with Crippen LogP contribution in [0.15, 0.2) is 18.2 Å². The van der Waals surface area contributed by atoms with Crippen LogP contribution >= 0.6 is 12.4 Å². The molecule has 2 amide bonds. The molecule has 0 aromatic heterocycles. The van der Waals surface area contributed by atoms with Crippen molar-refractivity contribution in [1.29, 1.82) is 0 Å². The quantitative estimate of drug-likeness (QED) is 0.631. The van der Waals surface area contributed by atoms with Gasteiger partial charge < -0.3 is 20.7 Å². The number of anilines is 2. The summed E-state index contributed by atoms with van der Waals surface area (Å²) in [4.78, 5) is 23.7. The molecule has 0 heterocycles. The smallest absolute Gasteiger partial charge is 0.238 e. The van der Waals surface area contributed by atoms with E-state index < -0.39 is 0 Å². The molecule has 1 saturated carbocycles. The standard InChI is InChI=1S/C16H23N3O3.ClH/c1-11-3-6-13(18-16(21)12-4-5-12)9-14(11)19-15(20)10-17-7-8-22-2;/h3,6,9,12,17H,4-5,7-8,10H2,1-2H3,(H,18,21)(H,19,20);1H. The summed E-state index contributed by atoms with van der Waals surface area (Å²) in [6.45, 7) is 3.33. The maximum absolute atomic E-state index is 11.9. The van der Waals surface area contributed by atoms with Crippen molar-refractivity contribution in [3.8, 4) is 0 Å². The number of carbonyl (C=O) groups is 2. The molecule has 1 fully saturated rings. The van der Waals surface area contributed by atoms with Crippen molar-refractivity contribution in [3.05, 3.63) is 23.8 Å². The summed E-state index contributed by atoms with van der Waals surface area (Å²) in [5.74, 6) is 0.0940. The SMILES string of the molecule is COCCNCC(=O)Nc1cc(NC(=O)C2CC2)ccc1C.Cl. The molecule has 23 heavy (non-hydrogen) atoms. The van der Waals surface area contributed by atoms with Crippen LogP contribution in [0.3, 0.4) is 0 Å². The molecular formula is C16H24ClN3O3. The highest BCUT2D eigenvalue weighted by molar-refractivity contribution is 5.96. The van der Waals surface area contributed by atoms with Gasteiger partial charge in [-0.1, -0.05) is 6.07 Å². The number of benzene rings is 1. The van der Waals surface area contributed by atoms with Gasteiger partial charge in [-0.15, -0.1) is 12.4 Å². The molecule has 7 heteroatoms. The van der Waals surface area contributed by atoms with Crippen LogP contribution < -0.4 is 16.0 Å². The van der Waals surface area contributed by atoms with Crippen LogP contribution in [0.25, 0.3) is 0 Å². The van der Waals surface area contributed by atoms with Crippen molar-refractivity contribution in [3.63, 3.8) is 0 Å². The number of halogens is 1. The van der Waals surface area contributed by atoms with E-state index in [0.717, 1.165) is 18.4 Å². The molecular weight excluding hydrogens is 318 g/mol. The molecule has 6 nitrogen and oxygen atoms in total. The Morgan fingerprint density at radius 1 is 1.26 bits per heavy atom. The predicted molar refractivity (Wildman–Crippen MR) is 93.2 cm³/mol. The van der Waals surface area contributed by atoms with E-state index in [-0.39, 0.29) is 36.7 Å². The van der Waals surface area contributed by atoms with Gasteiger partial charge in [0, 0.05) is 30.9 Å². The van der Waals surface area contributed by atoms with Gasteiger partial charge in [-0.3, -0.25) is 9.59 Å². The van der Waals surface area contributed by atoms with Gasteiger partial charge in [-0.25, -0.2) is 0 Å². The highest BCUT2D eigenvalue weighted by Crippen LogP contribution is 2.30. The molecule has 1 aliphatic carbocycles. The van der Waals surface area contributed by atoms with Crippen LogP contribution in [0.1, 0.15) is 18.4 Å². The third-order valence-corrected chi connectivity index (χ3v) is 3.50. The largest absolute Gasteiger partial charge is 0.383 e. The maximum Gasteiger partial charge on any atom is 0.238 e. The van der Waals surface area contributed by atoms with Crippen molar-refractivity contribution >= 4 is 35.6 Å². The van der Waals surface area contributed by atoms with E-state index in [1.165, 1.54) is 0 Å². The first-order valence-electron chi connectivity index (χ1n) is 7.51. The molecule has 1 aliphatic rings. The molecule has 3 N–H and O–H groups in total. The second-order valence-corrected chi connectivity index (χ2v) is 5.51. The Hall–Kier alpha value is -1.63. The summed E-state index contributed by atoms with van der Waals surface area (Å²) in [5.41, 5.74) is 2.38. The van der Waals surface area contributed by atoms with Gasteiger partial charge in [0.25, 0.3) is 0 Å². The maximum atomic E-state index is 11.9. The molecule has 0 spiro atoms. The number of ether oxygens (including phenoxy) is 1. The number of nitrogens with one attached hydrogen (secondary N) is 3. The first-order chi connectivity index (χ1) is 10.6. The van der Waals surface area contributed by atoms with Gasteiger partial charge >= 0.3 is 0 Å². The molecule has 1 aromatic rings. The van der Waals surface area contributed by atoms with E-state index in [2.05, 4.69) is 16.0 Å². The number of amides is 2. The molecule has 0 radical (unpaired) electrons. The highest BCUT2D eigenvalue weighted by Gasteiger charge is 2.29. The van der Waals surface area contributed by atoms with Gasteiger partial charge in [0.2, 0.25) is 11.8 Å². The van der Waals surface area contributed by atoms with E-state index in [1.807, 2.05) is 19.1 Å². The summed E-state index contributed by atoms with van der Waals surface area (Å²) in [7, 11) is 1.62. The third-order valence-electron chi connectivity index (χ3n) is 3.50. The second-order valence-electron chi connectivity index (χ2n) is 5.51. The lowest BCUT2D eigenvalue weighted by Gasteiger charge is -2.12. The van der Waals surface area contributed by atoms with Gasteiger partial charge in [0.15, 0.2) is 0 Å². The minimum atomic E-state index is -0.120. The average Bonchev–Trinajstić information content (AvgIpc) is 3.32. The number of aryl methyl sites for hydroxylation is 1. The minimum absolute atomic E-state index is 0. The fourth-order valence-corrected chi connectivity index (χ4v) is 1.99. The molecule has 0 aliphatic heterocycles. The third kappa shape index (κ3) is 6.56. The molecule has 1 aromatic carbocycles. The van der Waals surface area contributed by atoms with Crippen molar-refractivity contribution < 1.29 is 14.3 Å². The normalized spacial score (nSPS) is 13.1. The lowest BCUT2D eigenvalue weighted by molar-refractivity contribution is -0.117. The van der Waals surface area contributed by atoms with Crippen LogP contribution in [0.2, 0.25) is 0 Å². The zero-order valence-corrected chi connectivity index (χ0v) is 14.3. The Kier molecular flexibility index (Phi) is 8.02. The van der Waals surface area contributed by atoms with Crippen LogP contribution in [-0.4, -0.2) is 38.6 Å². The topological polar surface area (TPSA) is 79.5 Å². The zero-order valence-electron chi connectivity index (χ0n) is 13.5. The van der Waals surface area contributed by atoms with Gasteiger partial charge in [0.1, 0.15) is 0 Å². The van der Waals surface area contributed by atoms with Crippen molar-refractivity contribution in [2.24, 2.45) is 5.92 Å². The van der Waals surface area contributed by atoms with E-state index in [1.54, 1.807) is 13.2 Å². The van der Waals surface area contributed by atoms with Gasteiger partial charge in [0.05, 0.1) is 13.2 Å². The Morgan fingerprint density at radius 3 is 2.65 bits per heavy atom. The van der Waals surface area contributed by atoms with Crippen LogP contribution in [-0.2, 0) is 14.3 Å². The van der Waals surface area contributed by atoms with Crippen LogP contribution in [0.4, 0.5) is 11.4 Å². The Balaban J connectivity index is 0.00000264. The van der Waals surface area contributed by atoms with Crippen LogP contribution in [0.5, 0.6) is 0 Å². The Morgan fingerprint density at radius 2 is 2.00 bits per heavy atom. The average molecular weight is 342 g/mol. The van der Waals surface area contributed by atoms with Crippen LogP contribution in [0, 0.1) is 12.8 Å². The summed E-state index contributed by atoms with van der Waals surface area (Å²) >= 11 is 0. The molecule has 0 saturated heterocycles. The van der Waals surface area contributed by atoms with Crippen molar-refractivity contribution in [1.82, 2.24) is 5.32 Å². The molecule has 2 rings (SSSR count). The van der Waals surface area contributed by atoms with E-state index in [0.29, 0.717) is 24.5 Å². The van der Waals surface area contributed by atoms with Crippen molar-refractivity contribution in [2.45, 2.75) is 19.8 Å². The second kappa shape index (κ2) is 9.50. The molecule has 128 valence electrons. The fraction of sp³-hybridized carbons (Fsp3) is 0.500. The number of methoxy groups -OCH3 is 1. The number of hydrogen-bond acceptors (Lipinski definition) is 4. The molecule has 0 atom stereocenters. The number of rotatable bonds is 8. The first-order valence-corrected chi connectivity index (χ1v) is 7.51. The lowest BCUT2D eigenvalue weighted by atomic mass is 10.1. The van der Waals surface area contributed by atoms with E-state index in [4.69, 9.17) is 4.74 Å². The summed E-state index contributed by atoms with van der Waals surface area (Å²) in [5, 5.41) is 8.72. The molecule has 0 unspecified atom stereocenters. The fourth-order valence-electron chi connectivity index (χ4n) is 1.99. The summed E-state index contributed by atoms with van der Waals surface area (Å²) < 4.78 is 4.90. The zero-order chi connectivity index (χ0) is 15.9. The van der Waals surface area contributed by atoms with E-state index >= 15 is 0 Å². The summed E-state index contributed by atoms with van der Waals surface area (Å²) in [6, 6.07) is 5.53. The number of hydrogen-bond donors (Lipinski definition) is 3. The molecule has 0 bridgehead atoms. The van der Waals surface area contributed by atoms with Gasteiger partial charge in [-0.05, 0) is 37.5 Å². The van der Waals surface area contributed by atoms with E-state index in [9.17, 15) is 9.59 Å². The predicted octanol–water partition coefficient (Wildman–Crippen LogP) is 1.94. The number of carbonyl (C=O) groups excluding carboxylic acids is 2. The summed E-state index contributed by atoms with van der Waals surface area (Å²) in [6.07, 6.45) is 1.93. The van der Waals surface area contributed by atoms with Gasteiger partial charge in [-0.2, -0.15) is 0 Å². The van der Waals surface area contributed by atoms with Crippen molar-refractivity contribution in [2.75, 3.05) is 37.4 Å². The minimum Gasteiger partial charge on any atom is -0.383 e. The highest BCUT2D eigenvalue weighted by atomic mass is 35.5.